The van der Waals surface area contributed by atoms with E-state index >= 15 is 0 Å². The Morgan fingerprint density at radius 3 is 2.64 bits per heavy atom. The lowest BCUT2D eigenvalue weighted by molar-refractivity contribution is -0.111. The molecule has 0 saturated carbocycles. The van der Waals surface area contributed by atoms with Crippen molar-refractivity contribution in [2.45, 2.75) is 27.2 Å². The highest BCUT2D eigenvalue weighted by Crippen LogP contribution is 2.33. The molecular weight excluding hydrogens is 300 g/mol. The van der Waals surface area contributed by atoms with Crippen molar-refractivity contribution in [2.75, 3.05) is 5.32 Å². The number of rotatable bonds is 5. The van der Waals surface area contributed by atoms with Crippen LogP contribution in [0.25, 0.3) is 6.08 Å². The van der Waals surface area contributed by atoms with Crippen molar-refractivity contribution in [3.8, 4) is 0 Å². The molecule has 5 nitrogen and oxygen atoms in total. The van der Waals surface area contributed by atoms with Crippen molar-refractivity contribution in [1.82, 2.24) is 0 Å². The lowest BCUT2D eigenvalue weighted by Crippen LogP contribution is -2.16. The zero-order valence-corrected chi connectivity index (χ0v) is 13.5. The summed E-state index contributed by atoms with van der Waals surface area (Å²) in [7, 11) is 0. The quantitative estimate of drug-likeness (QED) is 0.830. The van der Waals surface area contributed by atoms with Gasteiger partial charge in [-0.1, -0.05) is 6.92 Å². The van der Waals surface area contributed by atoms with E-state index in [9.17, 15) is 9.59 Å². The number of furan rings is 1. The predicted molar refractivity (Wildman–Crippen MR) is 88.1 cm³/mol. The first-order valence-corrected chi connectivity index (χ1v) is 7.71. The largest absolute Gasteiger partial charge is 0.462 e. The van der Waals surface area contributed by atoms with E-state index in [1.54, 1.807) is 12.1 Å². The first-order valence-electron chi connectivity index (χ1n) is 6.90. The van der Waals surface area contributed by atoms with Crippen LogP contribution < -0.4 is 11.1 Å². The van der Waals surface area contributed by atoms with Crippen LogP contribution in [0.1, 0.15) is 39.2 Å². The molecule has 0 aliphatic heterocycles. The number of anilines is 1. The van der Waals surface area contributed by atoms with Gasteiger partial charge >= 0.3 is 0 Å². The van der Waals surface area contributed by atoms with Crippen LogP contribution in [0.3, 0.4) is 0 Å². The molecule has 0 aromatic carbocycles. The molecule has 22 heavy (non-hydrogen) atoms. The maximum absolute atomic E-state index is 12.0. The molecule has 2 heterocycles. The molecule has 2 amide bonds. The normalized spacial score (nSPS) is 11.0. The Balaban J connectivity index is 2.18. The summed E-state index contributed by atoms with van der Waals surface area (Å²) in [5, 5.41) is 3.21. The molecular formula is C16H18N2O3S. The smallest absolute Gasteiger partial charge is 0.251 e. The van der Waals surface area contributed by atoms with Crippen molar-refractivity contribution in [3.05, 3.63) is 45.7 Å². The highest BCUT2D eigenvalue weighted by atomic mass is 32.1. The molecule has 0 radical (unpaired) electrons. The monoisotopic (exact) mass is 318 g/mol. The van der Waals surface area contributed by atoms with Gasteiger partial charge in [-0.2, -0.15) is 0 Å². The Labute approximate surface area is 132 Å². The second-order valence-electron chi connectivity index (χ2n) is 4.83. The third-order valence-electron chi connectivity index (χ3n) is 3.21. The summed E-state index contributed by atoms with van der Waals surface area (Å²) in [6.07, 6.45) is 3.63. The fourth-order valence-electron chi connectivity index (χ4n) is 2.21. The maximum Gasteiger partial charge on any atom is 0.251 e. The Hall–Kier alpha value is -2.34. The minimum Gasteiger partial charge on any atom is -0.462 e. The summed E-state index contributed by atoms with van der Waals surface area (Å²) in [4.78, 5) is 24.6. The maximum atomic E-state index is 12.0. The van der Waals surface area contributed by atoms with Gasteiger partial charge < -0.3 is 15.5 Å². The standard InChI is InChI=1S/C16H18N2O3S/c1-4-12-10(3)22-16(14(12)15(17)20)18-13(19)8-7-11-6-5-9(2)21-11/h5-8H,4H2,1-3H3,(H2,17,20)(H,18,19)/b8-7+. The number of nitrogens with one attached hydrogen (secondary N) is 1. The Morgan fingerprint density at radius 2 is 2.09 bits per heavy atom. The van der Waals surface area contributed by atoms with E-state index in [1.807, 2.05) is 26.8 Å². The number of hydrogen-bond acceptors (Lipinski definition) is 4. The summed E-state index contributed by atoms with van der Waals surface area (Å²) < 4.78 is 5.35. The van der Waals surface area contributed by atoms with E-state index < -0.39 is 5.91 Å². The van der Waals surface area contributed by atoms with Gasteiger partial charge in [0, 0.05) is 11.0 Å². The fourth-order valence-corrected chi connectivity index (χ4v) is 3.36. The van der Waals surface area contributed by atoms with Crippen molar-refractivity contribution < 1.29 is 14.0 Å². The lowest BCUT2D eigenvalue weighted by atomic mass is 10.1. The number of aryl methyl sites for hydroxylation is 2. The number of hydrogen-bond donors (Lipinski definition) is 2. The molecule has 116 valence electrons. The summed E-state index contributed by atoms with van der Waals surface area (Å²) in [6.45, 7) is 5.69. The van der Waals surface area contributed by atoms with Crippen molar-refractivity contribution >= 4 is 34.2 Å². The van der Waals surface area contributed by atoms with Gasteiger partial charge in [0.1, 0.15) is 16.5 Å². The second-order valence-corrected chi connectivity index (χ2v) is 6.05. The third kappa shape index (κ3) is 3.46. The molecule has 0 bridgehead atoms. The van der Waals surface area contributed by atoms with Crippen LogP contribution in [0.2, 0.25) is 0 Å². The number of thiophene rings is 1. The van der Waals surface area contributed by atoms with Gasteiger partial charge in [0.15, 0.2) is 0 Å². The minimum atomic E-state index is -0.526. The van der Waals surface area contributed by atoms with Crippen molar-refractivity contribution in [2.24, 2.45) is 5.73 Å². The number of carbonyl (C=O) groups is 2. The van der Waals surface area contributed by atoms with Crippen LogP contribution in [0, 0.1) is 13.8 Å². The molecule has 0 aliphatic rings. The molecule has 2 rings (SSSR count). The van der Waals surface area contributed by atoms with E-state index in [4.69, 9.17) is 10.2 Å². The van der Waals surface area contributed by atoms with E-state index in [0.29, 0.717) is 22.7 Å². The topological polar surface area (TPSA) is 85.3 Å². The molecule has 0 aliphatic carbocycles. The summed E-state index contributed by atoms with van der Waals surface area (Å²) in [5.74, 6) is 0.513. The zero-order valence-electron chi connectivity index (χ0n) is 12.7. The van der Waals surface area contributed by atoms with Crippen LogP contribution in [0.5, 0.6) is 0 Å². The Morgan fingerprint density at radius 1 is 1.36 bits per heavy atom. The minimum absolute atomic E-state index is 0.333. The zero-order chi connectivity index (χ0) is 16.3. The molecule has 0 unspecified atom stereocenters. The lowest BCUT2D eigenvalue weighted by Gasteiger charge is -2.03. The van der Waals surface area contributed by atoms with Crippen molar-refractivity contribution in [1.29, 1.82) is 0 Å². The van der Waals surface area contributed by atoms with Crippen LogP contribution in [0.4, 0.5) is 5.00 Å². The average molecular weight is 318 g/mol. The molecule has 0 saturated heterocycles. The number of amides is 2. The molecule has 0 atom stereocenters. The molecule has 0 spiro atoms. The van der Waals surface area contributed by atoms with E-state index in [0.717, 1.165) is 16.2 Å². The van der Waals surface area contributed by atoms with E-state index in [-0.39, 0.29) is 5.91 Å². The molecule has 2 aromatic rings. The van der Waals surface area contributed by atoms with Crippen LogP contribution in [-0.4, -0.2) is 11.8 Å². The first kappa shape index (κ1) is 16.0. The van der Waals surface area contributed by atoms with Crippen LogP contribution >= 0.6 is 11.3 Å². The second kappa shape index (κ2) is 6.62. The van der Waals surface area contributed by atoms with E-state index in [2.05, 4.69) is 5.32 Å². The van der Waals surface area contributed by atoms with Gasteiger partial charge in [-0.05, 0) is 44.0 Å². The predicted octanol–water partition coefficient (Wildman–Crippen LogP) is 3.27. The van der Waals surface area contributed by atoms with Gasteiger partial charge in [0.05, 0.1) is 5.56 Å². The average Bonchev–Trinajstić information content (AvgIpc) is 2.99. The van der Waals surface area contributed by atoms with E-state index in [1.165, 1.54) is 17.4 Å². The van der Waals surface area contributed by atoms with Gasteiger partial charge in [-0.3, -0.25) is 9.59 Å². The molecule has 2 aromatic heterocycles. The summed E-state index contributed by atoms with van der Waals surface area (Å²) in [5.41, 5.74) is 6.72. The summed E-state index contributed by atoms with van der Waals surface area (Å²) >= 11 is 1.36. The van der Waals surface area contributed by atoms with Gasteiger partial charge in [0.2, 0.25) is 5.91 Å². The number of carbonyl (C=O) groups excluding carboxylic acids is 2. The molecule has 3 N–H and O–H groups in total. The third-order valence-corrected chi connectivity index (χ3v) is 4.27. The SMILES string of the molecule is CCc1c(C)sc(NC(=O)/C=C/c2ccc(C)o2)c1C(N)=O. The number of primary amides is 1. The Bertz CT molecular complexity index is 741. The Kier molecular flexibility index (Phi) is 4.82. The molecule has 0 fully saturated rings. The molecule has 6 heteroatoms. The van der Waals surface area contributed by atoms with Crippen molar-refractivity contribution in [3.63, 3.8) is 0 Å². The fraction of sp³-hybridized carbons (Fsp3) is 0.250. The van der Waals surface area contributed by atoms with Gasteiger partial charge in [-0.15, -0.1) is 11.3 Å². The van der Waals surface area contributed by atoms with Gasteiger partial charge in [-0.25, -0.2) is 0 Å². The first-order chi connectivity index (χ1) is 10.4. The highest BCUT2D eigenvalue weighted by Gasteiger charge is 2.19. The van der Waals surface area contributed by atoms with Crippen LogP contribution in [0.15, 0.2) is 22.6 Å². The highest BCUT2D eigenvalue weighted by molar-refractivity contribution is 7.16. The number of nitrogens with two attached hydrogens (primary N) is 1. The summed E-state index contributed by atoms with van der Waals surface area (Å²) in [6, 6.07) is 3.59. The van der Waals surface area contributed by atoms with Crippen LogP contribution in [-0.2, 0) is 11.2 Å². The van der Waals surface area contributed by atoms with Gasteiger partial charge in [0.25, 0.3) is 5.91 Å².